The van der Waals surface area contributed by atoms with Crippen LogP contribution in [0.3, 0.4) is 0 Å². The Morgan fingerprint density at radius 3 is 2.67 bits per heavy atom. The maximum absolute atomic E-state index is 13.9. The first-order valence-corrected chi connectivity index (χ1v) is 6.23. The van der Waals surface area contributed by atoms with Gasteiger partial charge in [-0.2, -0.15) is 0 Å². The van der Waals surface area contributed by atoms with Gasteiger partial charge in [-0.25, -0.2) is 8.78 Å². The normalized spacial score (nSPS) is 18.6. The second kappa shape index (κ2) is 6.07. The Bertz CT molecular complexity index is 414. The summed E-state index contributed by atoms with van der Waals surface area (Å²) in [5.74, 6) is -1.01. The van der Waals surface area contributed by atoms with Crippen molar-refractivity contribution in [1.29, 1.82) is 0 Å². The number of hydrogen-bond donors (Lipinski definition) is 1. The number of rotatable bonds is 4. The first-order valence-electron chi connectivity index (χ1n) is 6.23. The summed E-state index contributed by atoms with van der Waals surface area (Å²) in [4.78, 5) is 2.22. The Hall–Kier alpha value is -1.26. The van der Waals surface area contributed by atoms with Crippen LogP contribution in [0.5, 0.6) is 0 Å². The van der Waals surface area contributed by atoms with E-state index in [0.717, 1.165) is 32.2 Å². The molecule has 0 radical (unpaired) electrons. The second-order valence-corrected chi connectivity index (χ2v) is 4.49. The van der Waals surface area contributed by atoms with Gasteiger partial charge in [0.05, 0.1) is 0 Å². The molecule has 1 saturated heterocycles. The van der Waals surface area contributed by atoms with Gasteiger partial charge in [-0.3, -0.25) is 4.90 Å². The Labute approximate surface area is 106 Å². The molecule has 1 aliphatic heterocycles. The zero-order valence-corrected chi connectivity index (χ0v) is 10.3. The molecule has 1 N–H and O–H groups in total. The number of benzene rings is 1. The van der Waals surface area contributed by atoms with Crippen molar-refractivity contribution in [2.24, 2.45) is 0 Å². The summed E-state index contributed by atoms with van der Waals surface area (Å²) in [5.41, 5.74) is 0.554. The van der Waals surface area contributed by atoms with Gasteiger partial charge in [-0.1, -0.05) is 12.1 Å². The molecule has 0 unspecified atom stereocenters. The van der Waals surface area contributed by atoms with Crippen LogP contribution >= 0.6 is 0 Å². The average Bonchev–Trinajstić information content (AvgIpc) is 2.38. The summed E-state index contributed by atoms with van der Waals surface area (Å²) >= 11 is 0. The molecule has 1 aromatic carbocycles. The van der Waals surface area contributed by atoms with E-state index < -0.39 is 11.6 Å². The smallest absolute Gasteiger partial charge is 0.130 e. The van der Waals surface area contributed by atoms with Crippen LogP contribution in [-0.4, -0.2) is 31.1 Å². The van der Waals surface area contributed by atoms with E-state index in [4.69, 9.17) is 0 Å². The molecule has 0 aromatic heterocycles. The van der Waals surface area contributed by atoms with Crippen molar-refractivity contribution in [2.75, 3.05) is 26.2 Å². The first-order chi connectivity index (χ1) is 8.72. The molecule has 1 fully saturated rings. The quantitative estimate of drug-likeness (QED) is 0.828. The van der Waals surface area contributed by atoms with Gasteiger partial charge in [-0.05, 0) is 12.5 Å². The molecule has 0 aliphatic carbocycles. The molecule has 2 rings (SSSR count). The van der Waals surface area contributed by atoms with E-state index in [2.05, 4.69) is 16.8 Å². The van der Waals surface area contributed by atoms with Gasteiger partial charge >= 0.3 is 0 Å². The van der Waals surface area contributed by atoms with Crippen molar-refractivity contribution >= 4 is 0 Å². The molecule has 98 valence electrons. The van der Waals surface area contributed by atoms with Crippen molar-refractivity contribution in [2.45, 2.75) is 12.5 Å². The third-order valence-electron chi connectivity index (χ3n) is 3.30. The van der Waals surface area contributed by atoms with Crippen LogP contribution in [0.4, 0.5) is 8.78 Å². The maximum atomic E-state index is 13.9. The minimum absolute atomic E-state index is 0.0507. The Balaban J connectivity index is 2.24. The zero-order chi connectivity index (χ0) is 13.0. The zero-order valence-electron chi connectivity index (χ0n) is 10.3. The summed E-state index contributed by atoms with van der Waals surface area (Å²) in [6.07, 6.45) is 2.46. The molecule has 4 heteroatoms. The van der Waals surface area contributed by atoms with Crippen LogP contribution < -0.4 is 5.32 Å². The van der Waals surface area contributed by atoms with E-state index in [1.54, 1.807) is 12.1 Å². The van der Waals surface area contributed by atoms with Gasteiger partial charge in [0.25, 0.3) is 0 Å². The SMILES string of the molecule is C=CC[C@H](c1ccc(F)cc1F)N1CCNCC1. The van der Waals surface area contributed by atoms with Gasteiger partial charge < -0.3 is 5.32 Å². The lowest BCUT2D eigenvalue weighted by atomic mass is 10.0. The lowest BCUT2D eigenvalue weighted by Crippen LogP contribution is -2.45. The molecule has 2 nitrogen and oxygen atoms in total. The van der Waals surface area contributed by atoms with Crippen molar-refractivity contribution in [3.63, 3.8) is 0 Å². The van der Waals surface area contributed by atoms with Crippen LogP contribution in [0, 0.1) is 11.6 Å². The first kappa shape index (κ1) is 13.2. The fourth-order valence-electron chi connectivity index (χ4n) is 2.40. The Kier molecular flexibility index (Phi) is 4.44. The highest BCUT2D eigenvalue weighted by atomic mass is 19.1. The van der Waals surface area contributed by atoms with E-state index in [1.807, 2.05) is 0 Å². The van der Waals surface area contributed by atoms with Crippen LogP contribution in [-0.2, 0) is 0 Å². The highest BCUT2D eigenvalue weighted by Crippen LogP contribution is 2.27. The predicted octanol–water partition coefficient (Wildman–Crippen LogP) is 2.49. The second-order valence-electron chi connectivity index (χ2n) is 4.49. The number of halogens is 2. The number of piperazine rings is 1. The van der Waals surface area contributed by atoms with Crippen molar-refractivity contribution in [3.8, 4) is 0 Å². The summed E-state index contributed by atoms with van der Waals surface area (Å²) in [6, 6.07) is 3.76. The largest absolute Gasteiger partial charge is 0.314 e. The topological polar surface area (TPSA) is 15.3 Å². The number of hydrogen-bond acceptors (Lipinski definition) is 2. The highest BCUT2D eigenvalue weighted by Gasteiger charge is 2.23. The van der Waals surface area contributed by atoms with E-state index in [0.29, 0.717) is 12.0 Å². The van der Waals surface area contributed by atoms with Crippen molar-refractivity contribution < 1.29 is 8.78 Å². The molecule has 1 aromatic rings. The van der Waals surface area contributed by atoms with Gasteiger partial charge in [0.2, 0.25) is 0 Å². The van der Waals surface area contributed by atoms with Gasteiger partial charge in [-0.15, -0.1) is 6.58 Å². The van der Waals surface area contributed by atoms with Gasteiger partial charge in [0.1, 0.15) is 11.6 Å². The number of nitrogens with one attached hydrogen (secondary N) is 1. The molecule has 0 amide bonds. The van der Waals surface area contributed by atoms with E-state index in [1.165, 1.54) is 6.07 Å². The Morgan fingerprint density at radius 2 is 2.06 bits per heavy atom. The average molecular weight is 252 g/mol. The molecule has 1 atom stereocenters. The predicted molar refractivity (Wildman–Crippen MR) is 68.4 cm³/mol. The third kappa shape index (κ3) is 2.94. The summed E-state index contributed by atoms with van der Waals surface area (Å²) in [5, 5.41) is 3.27. The van der Waals surface area contributed by atoms with E-state index >= 15 is 0 Å². The molecule has 0 bridgehead atoms. The van der Waals surface area contributed by atoms with Crippen molar-refractivity contribution in [1.82, 2.24) is 10.2 Å². The fraction of sp³-hybridized carbons (Fsp3) is 0.429. The van der Waals surface area contributed by atoms with Crippen LogP contribution in [0.2, 0.25) is 0 Å². The van der Waals surface area contributed by atoms with Gasteiger partial charge in [0.15, 0.2) is 0 Å². The standard InChI is InChI=1S/C14H18F2N2/c1-2-3-14(18-8-6-17-7-9-18)12-5-4-11(15)10-13(12)16/h2,4-5,10,14,17H,1,3,6-9H2/t14-/m1/s1. The van der Waals surface area contributed by atoms with Crippen LogP contribution in [0.1, 0.15) is 18.0 Å². The number of nitrogens with zero attached hydrogens (tertiary/aromatic N) is 1. The lowest BCUT2D eigenvalue weighted by molar-refractivity contribution is 0.171. The minimum Gasteiger partial charge on any atom is -0.314 e. The van der Waals surface area contributed by atoms with E-state index in [9.17, 15) is 8.78 Å². The molecule has 18 heavy (non-hydrogen) atoms. The third-order valence-corrected chi connectivity index (χ3v) is 3.30. The summed E-state index contributed by atoms with van der Waals surface area (Å²) in [6.45, 7) is 7.27. The highest BCUT2D eigenvalue weighted by molar-refractivity contribution is 5.23. The molecule has 0 saturated carbocycles. The summed E-state index contributed by atoms with van der Waals surface area (Å²) < 4.78 is 26.8. The molecular formula is C14H18F2N2. The van der Waals surface area contributed by atoms with Gasteiger partial charge in [0, 0.05) is 43.9 Å². The molecule has 1 heterocycles. The van der Waals surface area contributed by atoms with Crippen LogP contribution in [0.25, 0.3) is 0 Å². The maximum Gasteiger partial charge on any atom is 0.130 e. The van der Waals surface area contributed by atoms with Crippen LogP contribution in [0.15, 0.2) is 30.9 Å². The molecule has 1 aliphatic rings. The molecule has 0 spiro atoms. The summed E-state index contributed by atoms with van der Waals surface area (Å²) in [7, 11) is 0. The lowest BCUT2D eigenvalue weighted by Gasteiger charge is -2.34. The van der Waals surface area contributed by atoms with Crippen molar-refractivity contribution in [3.05, 3.63) is 48.1 Å². The Morgan fingerprint density at radius 1 is 1.33 bits per heavy atom. The fourth-order valence-corrected chi connectivity index (χ4v) is 2.40. The van der Waals surface area contributed by atoms with E-state index in [-0.39, 0.29) is 6.04 Å². The minimum atomic E-state index is -0.533. The monoisotopic (exact) mass is 252 g/mol. The molecular weight excluding hydrogens is 234 g/mol.